The second kappa shape index (κ2) is 6.35. The van der Waals surface area contributed by atoms with Crippen LogP contribution in [0.1, 0.15) is 25.5 Å². The zero-order chi connectivity index (χ0) is 13.7. The van der Waals surface area contributed by atoms with E-state index in [1.165, 1.54) is 24.0 Å². The molecule has 1 N–H and O–H groups in total. The van der Waals surface area contributed by atoms with E-state index in [0.717, 1.165) is 0 Å². The summed E-state index contributed by atoms with van der Waals surface area (Å²) in [6.07, 6.45) is 0. The number of amides is 1. The van der Waals surface area contributed by atoms with Gasteiger partial charge in [0.15, 0.2) is 11.6 Å². The zero-order valence-corrected chi connectivity index (χ0v) is 10.8. The molecule has 1 unspecified atom stereocenters. The van der Waals surface area contributed by atoms with Crippen molar-refractivity contribution in [3.05, 3.63) is 29.6 Å². The van der Waals surface area contributed by atoms with Gasteiger partial charge in [-0.15, -0.1) is 0 Å². The van der Waals surface area contributed by atoms with Crippen molar-refractivity contribution in [2.75, 3.05) is 20.3 Å². The van der Waals surface area contributed by atoms with Gasteiger partial charge < -0.3 is 14.7 Å². The van der Waals surface area contributed by atoms with Gasteiger partial charge in [0.2, 0.25) is 5.91 Å². The van der Waals surface area contributed by atoms with Crippen molar-refractivity contribution in [2.24, 2.45) is 0 Å². The molecule has 0 saturated heterocycles. The van der Waals surface area contributed by atoms with Crippen molar-refractivity contribution in [2.45, 2.75) is 19.9 Å². The van der Waals surface area contributed by atoms with Crippen LogP contribution in [-0.2, 0) is 4.79 Å². The van der Waals surface area contributed by atoms with Crippen LogP contribution in [0.25, 0.3) is 0 Å². The molecule has 100 valence electrons. The van der Waals surface area contributed by atoms with Gasteiger partial charge in [-0.3, -0.25) is 4.79 Å². The Labute approximate surface area is 106 Å². The first-order valence-electron chi connectivity index (χ1n) is 5.77. The second-order valence-corrected chi connectivity index (χ2v) is 3.95. The van der Waals surface area contributed by atoms with Crippen LogP contribution in [0.15, 0.2) is 18.2 Å². The molecule has 1 aromatic carbocycles. The van der Waals surface area contributed by atoms with E-state index in [-0.39, 0.29) is 18.3 Å². The number of aliphatic hydroxyl groups is 1. The summed E-state index contributed by atoms with van der Waals surface area (Å²) in [5, 5.41) is 9.31. The Hall–Kier alpha value is -1.62. The molecule has 0 fully saturated rings. The summed E-state index contributed by atoms with van der Waals surface area (Å²) in [4.78, 5) is 12.6. The predicted molar refractivity (Wildman–Crippen MR) is 65.8 cm³/mol. The first-order chi connectivity index (χ1) is 8.51. The lowest BCUT2D eigenvalue weighted by Crippen LogP contribution is -2.31. The maximum absolute atomic E-state index is 13.7. The van der Waals surface area contributed by atoms with Crippen molar-refractivity contribution < 1.29 is 19.0 Å². The fraction of sp³-hybridized carbons (Fsp3) is 0.462. The van der Waals surface area contributed by atoms with Gasteiger partial charge in [0, 0.05) is 14.0 Å². The summed E-state index contributed by atoms with van der Waals surface area (Å²) >= 11 is 0. The smallest absolute Gasteiger partial charge is 0.219 e. The molecule has 0 saturated carbocycles. The van der Waals surface area contributed by atoms with Gasteiger partial charge in [-0.2, -0.15) is 0 Å². The predicted octanol–water partition coefficient (Wildman–Crippen LogP) is 1.74. The van der Waals surface area contributed by atoms with E-state index < -0.39 is 11.9 Å². The third-order valence-electron chi connectivity index (χ3n) is 2.78. The highest BCUT2D eigenvalue weighted by molar-refractivity contribution is 5.73. The van der Waals surface area contributed by atoms with E-state index in [9.17, 15) is 14.3 Å². The average molecular weight is 255 g/mol. The summed E-state index contributed by atoms with van der Waals surface area (Å²) in [5.74, 6) is -0.517. The summed E-state index contributed by atoms with van der Waals surface area (Å²) in [6.45, 7) is 3.29. The minimum absolute atomic E-state index is 0.170. The minimum atomic E-state index is -0.548. The highest BCUT2D eigenvalue weighted by atomic mass is 19.1. The molecule has 0 aromatic heterocycles. The molecular formula is C13H18FNO3. The largest absolute Gasteiger partial charge is 0.491 e. The summed E-state index contributed by atoms with van der Waals surface area (Å²) in [7, 11) is 1.57. The lowest BCUT2D eigenvalue weighted by atomic mass is 10.1. The third-order valence-corrected chi connectivity index (χ3v) is 2.78. The molecule has 5 heteroatoms. The molecule has 0 aliphatic heterocycles. The van der Waals surface area contributed by atoms with E-state index in [1.54, 1.807) is 20.0 Å². The number of hydrogen-bond donors (Lipinski definition) is 1. The Balaban J connectivity index is 3.01. The molecular weight excluding hydrogens is 237 g/mol. The Bertz CT molecular complexity index is 423. The molecule has 0 aliphatic rings. The lowest BCUT2D eigenvalue weighted by molar-refractivity contribution is -0.130. The molecule has 4 nitrogen and oxygen atoms in total. The topological polar surface area (TPSA) is 49.8 Å². The van der Waals surface area contributed by atoms with Crippen molar-refractivity contribution in [3.8, 4) is 5.75 Å². The number of halogens is 1. The highest BCUT2D eigenvalue weighted by Crippen LogP contribution is 2.25. The van der Waals surface area contributed by atoms with Crippen molar-refractivity contribution in [1.29, 1.82) is 0 Å². The second-order valence-electron chi connectivity index (χ2n) is 3.95. The normalized spacial score (nSPS) is 12.1. The van der Waals surface area contributed by atoms with Crippen LogP contribution in [0.2, 0.25) is 0 Å². The van der Waals surface area contributed by atoms with Gasteiger partial charge >= 0.3 is 0 Å². The molecule has 0 spiro atoms. The quantitative estimate of drug-likeness (QED) is 0.871. The number of rotatable bonds is 5. The number of nitrogens with zero attached hydrogens (tertiary/aromatic N) is 1. The van der Waals surface area contributed by atoms with Gasteiger partial charge in [-0.25, -0.2) is 4.39 Å². The number of carbonyl (C=O) groups excluding carboxylic acids is 1. The van der Waals surface area contributed by atoms with Gasteiger partial charge in [0.1, 0.15) is 0 Å². The first kappa shape index (κ1) is 14.4. The maximum atomic E-state index is 13.7. The van der Waals surface area contributed by atoms with Crippen molar-refractivity contribution in [3.63, 3.8) is 0 Å². The number of carbonyl (C=O) groups is 1. The van der Waals surface area contributed by atoms with Gasteiger partial charge in [0.05, 0.1) is 19.3 Å². The molecule has 0 aliphatic carbocycles. The van der Waals surface area contributed by atoms with E-state index in [4.69, 9.17) is 4.74 Å². The average Bonchev–Trinajstić information content (AvgIpc) is 2.33. The van der Waals surface area contributed by atoms with Crippen LogP contribution >= 0.6 is 0 Å². The molecule has 1 amide bonds. The Morgan fingerprint density at radius 2 is 2.22 bits per heavy atom. The number of likely N-dealkylation sites (N-methyl/N-ethyl adjacent to an activating group) is 1. The van der Waals surface area contributed by atoms with Crippen LogP contribution in [0.4, 0.5) is 4.39 Å². The zero-order valence-electron chi connectivity index (χ0n) is 10.8. The standard InChI is InChI=1S/C13H18FNO3/c1-4-18-13-6-5-10(7-11(13)14)12(8-16)15(3)9(2)17/h5-7,12,16H,4,8H2,1-3H3. The summed E-state index contributed by atoms with van der Waals surface area (Å²) in [5.41, 5.74) is 0.538. The molecule has 1 aromatic rings. The third kappa shape index (κ3) is 3.20. The molecule has 0 radical (unpaired) electrons. The molecule has 1 rings (SSSR count). The number of hydrogen-bond acceptors (Lipinski definition) is 3. The number of benzene rings is 1. The molecule has 0 bridgehead atoms. The van der Waals surface area contributed by atoms with Crippen LogP contribution in [0.3, 0.4) is 0 Å². The number of ether oxygens (including phenoxy) is 1. The van der Waals surface area contributed by atoms with Crippen LogP contribution in [-0.4, -0.2) is 36.2 Å². The highest BCUT2D eigenvalue weighted by Gasteiger charge is 2.19. The summed E-state index contributed by atoms with van der Waals surface area (Å²) in [6, 6.07) is 3.89. The van der Waals surface area contributed by atoms with Crippen LogP contribution < -0.4 is 4.74 Å². The fourth-order valence-electron chi connectivity index (χ4n) is 1.67. The van der Waals surface area contributed by atoms with Crippen LogP contribution in [0, 0.1) is 5.82 Å². The van der Waals surface area contributed by atoms with E-state index in [0.29, 0.717) is 12.2 Å². The van der Waals surface area contributed by atoms with Gasteiger partial charge in [-0.1, -0.05) is 6.07 Å². The molecule has 18 heavy (non-hydrogen) atoms. The SMILES string of the molecule is CCOc1ccc(C(CO)N(C)C(C)=O)cc1F. The Morgan fingerprint density at radius 1 is 1.56 bits per heavy atom. The molecule has 1 atom stereocenters. The van der Waals surface area contributed by atoms with Crippen molar-refractivity contribution in [1.82, 2.24) is 4.90 Å². The first-order valence-corrected chi connectivity index (χ1v) is 5.77. The van der Waals surface area contributed by atoms with Gasteiger partial charge in [-0.05, 0) is 24.6 Å². The Morgan fingerprint density at radius 3 is 2.67 bits per heavy atom. The van der Waals surface area contributed by atoms with E-state index in [1.807, 2.05) is 0 Å². The fourth-order valence-corrected chi connectivity index (χ4v) is 1.67. The van der Waals surface area contributed by atoms with E-state index in [2.05, 4.69) is 0 Å². The number of aliphatic hydroxyl groups excluding tert-OH is 1. The summed E-state index contributed by atoms with van der Waals surface area (Å²) < 4.78 is 18.8. The maximum Gasteiger partial charge on any atom is 0.219 e. The molecule has 0 heterocycles. The van der Waals surface area contributed by atoms with Crippen molar-refractivity contribution >= 4 is 5.91 Å². The Kier molecular flexibility index (Phi) is 5.09. The minimum Gasteiger partial charge on any atom is -0.491 e. The lowest BCUT2D eigenvalue weighted by Gasteiger charge is -2.26. The van der Waals surface area contributed by atoms with E-state index >= 15 is 0 Å². The van der Waals surface area contributed by atoms with Gasteiger partial charge in [0.25, 0.3) is 0 Å². The monoisotopic (exact) mass is 255 g/mol. The van der Waals surface area contributed by atoms with Crippen LogP contribution in [0.5, 0.6) is 5.75 Å².